The number of hydrogen-bond acceptors (Lipinski definition) is 2. The Hall–Kier alpha value is -1.99. The van der Waals surface area contributed by atoms with Crippen LogP contribution >= 0.6 is 0 Å². The van der Waals surface area contributed by atoms with Crippen LogP contribution in [0.25, 0.3) is 0 Å². The second kappa shape index (κ2) is 7.36. The Morgan fingerprint density at radius 1 is 1.07 bits per heavy atom. The van der Waals surface area contributed by atoms with Crippen LogP contribution in [0.4, 0.5) is 22.0 Å². The fourth-order valence-electron chi connectivity index (χ4n) is 5.05. The summed E-state index contributed by atoms with van der Waals surface area (Å²) in [5.74, 6) is -1.91. The van der Waals surface area contributed by atoms with Crippen molar-refractivity contribution in [2.75, 3.05) is 13.2 Å². The van der Waals surface area contributed by atoms with Crippen molar-refractivity contribution < 1.29 is 31.8 Å². The van der Waals surface area contributed by atoms with Gasteiger partial charge in [0.25, 0.3) is 0 Å². The molecule has 7 heteroatoms. The molecule has 1 saturated carbocycles. The second-order valence-electron chi connectivity index (χ2n) is 8.02. The van der Waals surface area contributed by atoms with Crippen molar-refractivity contribution in [1.82, 2.24) is 0 Å². The fourth-order valence-corrected chi connectivity index (χ4v) is 5.05. The van der Waals surface area contributed by atoms with Gasteiger partial charge in [0.2, 0.25) is 0 Å². The van der Waals surface area contributed by atoms with E-state index in [0.29, 0.717) is 19.3 Å². The van der Waals surface area contributed by atoms with E-state index in [0.717, 1.165) is 23.8 Å². The van der Waals surface area contributed by atoms with E-state index in [1.807, 2.05) is 0 Å². The predicted molar refractivity (Wildman–Crippen MR) is 96.4 cm³/mol. The molecule has 1 N–H and O–H groups in total. The molecule has 4 rings (SSSR count). The van der Waals surface area contributed by atoms with Crippen LogP contribution in [0.2, 0.25) is 0 Å². The molecule has 2 aromatic rings. The van der Waals surface area contributed by atoms with Crippen LogP contribution in [-0.2, 0) is 10.9 Å². The zero-order valence-corrected chi connectivity index (χ0v) is 15.6. The Bertz CT molecular complexity index is 880. The lowest BCUT2D eigenvalue weighted by atomic mass is 9.76. The van der Waals surface area contributed by atoms with Crippen LogP contribution in [0.15, 0.2) is 42.5 Å². The Balaban J connectivity index is 1.66. The number of halogens is 5. The third-order valence-electron chi connectivity index (χ3n) is 6.37. The lowest BCUT2D eigenvalue weighted by Crippen LogP contribution is -2.34. The van der Waals surface area contributed by atoms with Gasteiger partial charge in [0.1, 0.15) is 11.6 Å². The summed E-state index contributed by atoms with van der Waals surface area (Å²) in [5, 5.41) is 9.83. The van der Waals surface area contributed by atoms with E-state index in [-0.39, 0.29) is 36.4 Å². The summed E-state index contributed by atoms with van der Waals surface area (Å²) in [6, 6.07) is 8.45. The number of alkyl halides is 3. The lowest BCUT2D eigenvalue weighted by Gasteiger charge is -2.33. The highest BCUT2D eigenvalue weighted by Gasteiger charge is 2.54. The summed E-state index contributed by atoms with van der Waals surface area (Å²) in [4.78, 5) is 0. The Labute approximate surface area is 165 Å². The van der Waals surface area contributed by atoms with Crippen LogP contribution in [0.1, 0.15) is 47.8 Å². The third-order valence-corrected chi connectivity index (χ3v) is 6.37. The fraction of sp³-hybridized carbons (Fsp3) is 0.455. The molecule has 0 bridgehead atoms. The largest absolute Gasteiger partial charge is 0.416 e. The Morgan fingerprint density at radius 3 is 2.45 bits per heavy atom. The summed E-state index contributed by atoms with van der Waals surface area (Å²) in [6.07, 6.45) is -2.91. The molecule has 156 valence electrons. The molecule has 29 heavy (non-hydrogen) atoms. The molecular formula is C22H21F5O2. The second-order valence-corrected chi connectivity index (χ2v) is 8.02. The van der Waals surface area contributed by atoms with Crippen molar-refractivity contribution in [3.63, 3.8) is 0 Å². The lowest BCUT2D eigenvalue weighted by molar-refractivity contribution is -0.137. The summed E-state index contributed by atoms with van der Waals surface area (Å²) in [5.41, 5.74) is -0.781. The van der Waals surface area contributed by atoms with Gasteiger partial charge in [0, 0.05) is 18.4 Å². The first-order valence-electron chi connectivity index (χ1n) is 9.60. The number of benzene rings is 2. The number of ether oxygens (including phenoxy) is 1. The SMILES string of the molecule is OC[C@H]1CC[C@@]2(C[C@@H](c3cc(C(F)(F)F)ccc3F)CO2)[C@@H]1c1ccc(F)cc1. The first-order chi connectivity index (χ1) is 13.7. The molecule has 4 atom stereocenters. The summed E-state index contributed by atoms with van der Waals surface area (Å²) in [7, 11) is 0. The van der Waals surface area contributed by atoms with Crippen molar-refractivity contribution in [3.05, 3.63) is 70.8 Å². The Morgan fingerprint density at radius 2 is 1.79 bits per heavy atom. The molecular weight excluding hydrogens is 391 g/mol. The molecule has 0 aromatic heterocycles. The van der Waals surface area contributed by atoms with Crippen LogP contribution in [0.3, 0.4) is 0 Å². The number of rotatable bonds is 3. The van der Waals surface area contributed by atoms with E-state index in [1.54, 1.807) is 12.1 Å². The van der Waals surface area contributed by atoms with E-state index < -0.39 is 29.1 Å². The van der Waals surface area contributed by atoms with Crippen LogP contribution in [-0.4, -0.2) is 23.9 Å². The van der Waals surface area contributed by atoms with Gasteiger partial charge in [-0.3, -0.25) is 0 Å². The minimum atomic E-state index is -4.55. The smallest absolute Gasteiger partial charge is 0.396 e. The average molecular weight is 412 g/mol. The topological polar surface area (TPSA) is 29.5 Å². The van der Waals surface area contributed by atoms with E-state index in [4.69, 9.17) is 4.74 Å². The highest BCUT2D eigenvalue weighted by molar-refractivity contribution is 5.33. The average Bonchev–Trinajstić information content (AvgIpc) is 3.26. The van der Waals surface area contributed by atoms with Gasteiger partial charge in [-0.15, -0.1) is 0 Å². The quantitative estimate of drug-likeness (QED) is 0.683. The number of aliphatic hydroxyl groups is 1. The maximum atomic E-state index is 14.4. The van der Waals surface area contributed by atoms with E-state index in [9.17, 15) is 27.1 Å². The molecule has 2 aromatic carbocycles. The molecule has 2 fully saturated rings. The molecule has 2 nitrogen and oxygen atoms in total. The summed E-state index contributed by atoms with van der Waals surface area (Å²) >= 11 is 0. The molecule has 1 heterocycles. The van der Waals surface area contributed by atoms with Gasteiger partial charge in [0.05, 0.1) is 17.8 Å². The van der Waals surface area contributed by atoms with Crippen molar-refractivity contribution in [3.8, 4) is 0 Å². The van der Waals surface area contributed by atoms with Crippen LogP contribution in [0.5, 0.6) is 0 Å². The first-order valence-corrected chi connectivity index (χ1v) is 9.60. The van der Waals surface area contributed by atoms with Gasteiger partial charge < -0.3 is 9.84 Å². The zero-order chi connectivity index (χ0) is 20.8. The highest BCUT2D eigenvalue weighted by Crippen LogP contribution is 2.56. The van der Waals surface area contributed by atoms with Gasteiger partial charge in [-0.1, -0.05) is 12.1 Å². The zero-order valence-electron chi connectivity index (χ0n) is 15.6. The number of hydrogen-bond donors (Lipinski definition) is 1. The van der Waals surface area contributed by atoms with Crippen molar-refractivity contribution in [2.45, 2.75) is 42.9 Å². The molecule has 0 unspecified atom stereocenters. The van der Waals surface area contributed by atoms with Crippen LogP contribution in [0, 0.1) is 17.6 Å². The van der Waals surface area contributed by atoms with E-state index in [2.05, 4.69) is 0 Å². The van der Waals surface area contributed by atoms with E-state index in [1.165, 1.54) is 12.1 Å². The van der Waals surface area contributed by atoms with Crippen molar-refractivity contribution in [1.29, 1.82) is 0 Å². The van der Waals surface area contributed by atoms with Crippen molar-refractivity contribution in [2.24, 2.45) is 5.92 Å². The molecule has 1 spiro atoms. The van der Waals surface area contributed by atoms with E-state index >= 15 is 0 Å². The molecule has 1 aliphatic heterocycles. The maximum absolute atomic E-state index is 14.4. The molecule has 1 saturated heterocycles. The molecule has 2 aliphatic rings. The standard InChI is InChI=1S/C22H21F5O2/c23-17-4-1-13(2-5-17)20-14(11-28)7-8-21(20)10-15(12-29-21)18-9-16(22(25,26)27)3-6-19(18)24/h1-6,9,14-15,20,28H,7-8,10-12H2/t14-,15-,20-,21-/m1/s1. The predicted octanol–water partition coefficient (Wildman–Crippen LogP) is 5.41. The normalized spacial score (nSPS) is 29.7. The monoisotopic (exact) mass is 412 g/mol. The van der Waals surface area contributed by atoms with Gasteiger partial charge in [-0.05, 0) is 66.6 Å². The third kappa shape index (κ3) is 3.66. The Kier molecular flexibility index (Phi) is 5.15. The minimum Gasteiger partial charge on any atom is -0.396 e. The maximum Gasteiger partial charge on any atom is 0.416 e. The van der Waals surface area contributed by atoms with Gasteiger partial charge in [-0.25, -0.2) is 8.78 Å². The molecule has 0 amide bonds. The minimum absolute atomic E-state index is 0.00186. The first kappa shape index (κ1) is 20.3. The highest BCUT2D eigenvalue weighted by atomic mass is 19.4. The number of aliphatic hydroxyl groups excluding tert-OH is 1. The summed E-state index contributed by atoms with van der Waals surface area (Å²) < 4.78 is 73.1. The molecule has 0 radical (unpaired) electrons. The van der Waals surface area contributed by atoms with Crippen LogP contribution < -0.4 is 0 Å². The van der Waals surface area contributed by atoms with Gasteiger partial charge in [-0.2, -0.15) is 13.2 Å². The molecule has 1 aliphatic carbocycles. The van der Waals surface area contributed by atoms with Crippen molar-refractivity contribution >= 4 is 0 Å². The summed E-state index contributed by atoms with van der Waals surface area (Å²) in [6.45, 7) is 0.0316. The van der Waals surface area contributed by atoms with Gasteiger partial charge >= 0.3 is 6.18 Å². The van der Waals surface area contributed by atoms with Gasteiger partial charge in [0.15, 0.2) is 0 Å².